The molecule has 0 spiro atoms. The van der Waals surface area contributed by atoms with Gasteiger partial charge in [0.15, 0.2) is 0 Å². The maximum Gasteiger partial charge on any atom is 0.345 e. The predicted octanol–water partition coefficient (Wildman–Crippen LogP) is 3.64. The fourth-order valence-corrected chi connectivity index (χ4v) is 2.71. The van der Waals surface area contributed by atoms with Crippen molar-refractivity contribution in [3.63, 3.8) is 0 Å². The molecule has 2 rings (SSSR count). The van der Waals surface area contributed by atoms with Crippen molar-refractivity contribution >= 4 is 5.97 Å². The molecule has 1 N–H and O–H groups in total. The van der Waals surface area contributed by atoms with Crippen LogP contribution in [0.15, 0.2) is 54.6 Å². The summed E-state index contributed by atoms with van der Waals surface area (Å²) in [6, 6.07) is 15.6. The second-order valence-electron chi connectivity index (χ2n) is 7.01. The molecular formula is C22H24O4. The Balaban J connectivity index is 2.60. The van der Waals surface area contributed by atoms with Crippen molar-refractivity contribution in [2.45, 2.75) is 37.9 Å². The molecule has 0 heterocycles. The second kappa shape index (κ2) is 7.63. The zero-order valence-electron chi connectivity index (χ0n) is 15.5. The Morgan fingerprint density at radius 1 is 1.08 bits per heavy atom. The van der Waals surface area contributed by atoms with Crippen LogP contribution in [0.2, 0.25) is 0 Å². The first-order valence-electron chi connectivity index (χ1n) is 8.34. The lowest BCUT2D eigenvalue weighted by Gasteiger charge is -2.34. The molecule has 0 radical (unpaired) electrons. The molecule has 0 unspecified atom stereocenters. The maximum absolute atomic E-state index is 13.0. The molecule has 0 aliphatic carbocycles. The van der Waals surface area contributed by atoms with Crippen LogP contribution in [0.3, 0.4) is 0 Å². The van der Waals surface area contributed by atoms with Crippen molar-refractivity contribution in [3.05, 3.63) is 65.7 Å². The average Bonchev–Trinajstić information content (AvgIpc) is 2.61. The lowest BCUT2D eigenvalue weighted by Crippen LogP contribution is -2.45. The summed E-state index contributed by atoms with van der Waals surface area (Å²) in [7, 11) is 1.54. The van der Waals surface area contributed by atoms with Crippen LogP contribution in [0.5, 0.6) is 5.75 Å². The highest BCUT2D eigenvalue weighted by molar-refractivity contribution is 5.84. The fraction of sp³-hybridized carbons (Fsp3) is 0.318. The number of carbonyl (C=O) groups excluding carboxylic acids is 1. The molecule has 0 saturated heterocycles. The topological polar surface area (TPSA) is 55.8 Å². The number of hydrogen-bond donors (Lipinski definition) is 1. The van der Waals surface area contributed by atoms with Gasteiger partial charge in [0.25, 0.3) is 0 Å². The van der Waals surface area contributed by atoms with E-state index in [1.807, 2.05) is 18.2 Å². The highest BCUT2D eigenvalue weighted by Crippen LogP contribution is 2.39. The van der Waals surface area contributed by atoms with Gasteiger partial charge in [-0.15, -0.1) is 6.42 Å². The van der Waals surface area contributed by atoms with E-state index in [2.05, 4.69) is 5.92 Å². The monoisotopic (exact) mass is 352 g/mol. The minimum atomic E-state index is -2.03. The molecule has 136 valence electrons. The molecule has 0 amide bonds. The maximum atomic E-state index is 13.0. The quantitative estimate of drug-likeness (QED) is 0.659. The molecule has 0 aliphatic heterocycles. The molecule has 2 aromatic carbocycles. The Kier molecular flexibility index (Phi) is 5.74. The lowest BCUT2D eigenvalue weighted by atomic mass is 9.77. The van der Waals surface area contributed by atoms with Gasteiger partial charge < -0.3 is 14.6 Å². The van der Waals surface area contributed by atoms with Crippen LogP contribution in [0.4, 0.5) is 0 Å². The van der Waals surface area contributed by atoms with Gasteiger partial charge >= 0.3 is 5.97 Å². The number of methoxy groups -OCH3 is 1. The Morgan fingerprint density at radius 3 is 2.12 bits per heavy atom. The summed E-state index contributed by atoms with van der Waals surface area (Å²) < 4.78 is 10.7. The van der Waals surface area contributed by atoms with E-state index >= 15 is 0 Å². The van der Waals surface area contributed by atoms with Crippen molar-refractivity contribution in [2.24, 2.45) is 0 Å². The number of hydrogen-bond acceptors (Lipinski definition) is 4. The third-order valence-electron chi connectivity index (χ3n) is 3.96. The van der Waals surface area contributed by atoms with Gasteiger partial charge in [0, 0.05) is 0 Å². The van der Waals surface area contributed by atoms with Gasteiger partial charge in [0.05, 0.1) is 13.0 Å². The highest BCUT2D eigenvalue weighted by Gasteiger charge is 2.48. The lowest BCUT2D eigenvalue weighted by molar-refractivity contribution is -0.179. The van der Waals surface area contributed by atoms with E-state index in [4.69, 9.17) is 15.9 Å². The first-order valence-corrected chi connectivity index (χ1v) is 8.34. The van der Waals surface area contributed by atoms with Crippen LogP contribution >= 0.6 is 0 Å². The van der Waals surface area contributed by atoms with Crippen molar-refractivity contribution in [3.8, 4) is 18.1 Å². The molecule has 0 aromatic heterocycles. The first kappa shape index (κ1) is 19.6. The standard InChI is InChI=1S/C22H24O4/c1-6-19(16-10-8-7-9-11-16)22(24,20(23)26-21(2,3)4)17-12-14-18(25-5)15-13-17/h1,7-15,19,24H,2-5H3/t19-,22-/m1/s1. The normalized spacial score (nSPS) is 14.6. The molecule has 2 aromatic rings. The van der Waals surface area contributed by atoms with E-state index in [1.54, 1.807) is 64.3 Å². The molecule has 0 fully saturated rings. The summed E-state index contributed by atoms with van der Waals surface area (Å²) in [6.07, 6.45) is 5.74. The van der Waals surface area contributed by atoms with Crippen LogP contribution in [-0.2, 0) is 15.1 Å². The molecule has 0 bridgehead atoms. The smallest absolute Gasteiger partial charge is 0.345 e. The Bertz CT molecular complexity index is 782. The van der Waals surface area contributed by atoms with Crippen molar-refractivity contribution in [2.75, 3.05) is 7.11 Å². The van der Waals surface area contributed by atoms with Gasteiger partial charge in [-0.2, -0.15) is 0 Å². The number of rotatable bonds is 5. The Morgan fingerprint density at radius 2 is 1.65 bits per heavy atom. The van der Waals surface area contributed by atoms with E-state index in [9.17, 15) is 9.90 Å². The molecule has 0 aliphatic rings. The molecule has 0 saturated carbocycles. The van der Waals surface area contributed by atoms with Gasteiger partial charge in [0.2, 0.25) is 5.60 Å². The Labute approximate surface area is 154 Å². The summed E-state index contributed by atoms with van der Waals surface area (Å²) in [5.74, 6) is 1.48. The van der Waals surface area contributed by atoms with Crippen LogP contribution in [0, 0.1) is 12.3 Å². The van der Waals surface area contributed by atoms with E-state index < -0.39 is 23.1 Å². The van der Waals surface area contributed by atoms with Crippen molar-refractivity contribution in [1.29, 1.82) is 0 Å². The third kappa shape index (κ3) is 4.07. The number of benzene rings is 2. The summed E-state index contributed by atoms with van der Waals surface area (Å²) in [6.45, 7) is 5.23. The number of esters is 1. The van der Waals surface area contributed by atoms with Crippen LogP contribution in [-0.4, -0.2) is 23.8 Å². The molecule has 4 heteroatoms. The van der Waals surface area contributed by atoms with Crippen LogP contribution in [0.25, 0.3) is 0 Å². The highest BCUT2D eigenvalue weighted by atomic mass is 16.6. The fourth-order valence-electron chi connectivity index (χ4n) is 2.71. The number of aliphatic hydroxyl groups is 1. The first-order chi connectivity index (χ1) is 12.2. The molecule has 4 nitrogen and oxygen atoms in total. The second-order valence-corrected chi connectivity index (χ2v) is 7.01. The average molecular weight is 352 g/mol. The summed E-state index contributed by atoms with van der Waals surface area (Å²) >= 11 is 0. The van der Waals surface area contributed by atoms with Gasteiger partial charge in [-0.1, -0.05) is 48.4 Å². The Hall–Kier alpha value is -2.77. The SMILES string of the molecule is C#C[C@H](c1ccccc1)[C@@](O)(C(=O)OC(C)(C)C)c1ccc(OC)cc1. The number of ether oxygens (including phenoxy) is 2. The number of terminal acetylenes is 1. The van der Waals surface area contributed by atoms with Gasteiger partial charge in [-0.3, -0.25) is 0 Å². The van der Waals surface area contributed by atoms with Crippen LogP contribution < -0.4 is 4.74 Å². The summed E-state index contributed by atoms with van der Waals surface area (Å²) in [4.78, 5) is 13.0. The summed E-state index contributed by atoms with van der Waals surface area (Å²) in [5, 5.41) is 11.5. The van der Waals surface area contributed by atoms with E-state index in [0.29, 0.717) is 16.9 Å². The molecule has 2 atom stereocenters. The molecule has 26 heavy (non-hydrogen) atoms. The van der Waals surface area contributed by atoms with Crippen molar-refractivity contribution < 1.29 is 19.4 Å². The minimum Gasteiger partial charge on any atom is -0.497 e. The van der Waals surface area contributed by atoms with Gasteiger partial charge in [-0.25, -0.2) is 4.79 Å². The van der Waals surface area contributed by atoms with Crippen LogP contribution in [0.1, 0.15) is 37.8 Å². The zero-order chi connectivity index (χ0) is 19.4. The number of carbonyl (C=O) groups is 1. The van der Waals surface area contributed by atoms with Gasteiger partial charge in [-0.05, 0) is 44.0 Å². The zero-order valence-corrected chi connectivity index (χ0v) is 15.5. The van der Waals surface area contributed by atoms with E-state index in [-0.39, 0.29) is 0 Å². The van der Waals surface area contributed by atoms with Crippen molar-refractivity contribution in [1.82, 2.24) is 0 Å². The van der Waals surface area contributed by atoms with E-state index in [1.165, 1.54) is 0 Å². The third-order valence-corrected chi connectivity index (χ3v) is 3.96. The summed E-state index contributed by atoms with van der Waals surface area (Å²) in [5.41, 5.74) is -1.80. The molecular weight excluding hydrogens is 328 g/mol. The van der Waals surface area contributed by atoms with E-state index in [0.717, 1.165) is 0 Å². The minimum absolute atomic E-state index is 0.347. The largest absolute Gasteiger partial charge is 0.497 e. The van der Waals surface area contributed by atoms with Gasteiger partial charge in [0.1, 0.15) is 11.4 Å². The predicted molar refractivity (Wildman–Crippen MR) is 101 cm³/mol.